The first-order chi connectivity index (χ1) is 10.3. The Kier molecular flexibility index (Phi) is 4.68. The summed E-state index contributed by atoms with van der Waals surface area (Å²) in [5.74, 6) is -0.737. The second kappa shape index (κ2) is 6.33. The SMILES string of the molecule is O=C(c1ccc([N+](=O)[O-])cc1)N(CC(F)(F)F)C1CCCC1. The number of rotatable bonds is 4. The highest BCUT2D eigenvalue weighted by Crippen LogP contribution is 2.28. The average molecular weight is 316 g/mol. The van der Waals surface area contributed by atoms with E-state index in [9.17, 15) is 28.1 Å². The molecule has 1 aliphatic carbocycles. The summed E-state index contributed by atoms with van der Waals surface area (Å²) in [6.45, 7) is -1.30. The van der Waals surface area contributed by atoms with Crippen LogP contribution in [0.15, 0.2) is 24.3 Å². The molecule has 1 saturated carbocycles. The number of hydrogen-bond acceptors (Lipinski definition) is 3. The topological polar surface area (TPSA) is 63.4 Å². The highest BCUT2D eigenvalue weighted by atomic mass is 19.4. The summed E-state index contributed by atoms with van der Waals surface area (Å²) < 4.78 is 38.2. The zero-order chi connectivity index (χ0) is 16.3. The van der Waals surface area contributed by atoms with Crippen molar-refractivity contribution in [1.82, 2.24) is 4.90 Å². The molecule has 0 aromatic heterocycles. The average Bonchev–Trinajstić information content (AvgIpc) is 2.97. The van der Waals surface area contributed by atoms with Crippen LogP contribution in [0.5, 0.6) is 0 Å². The molecule has 0 bridgehead atoms. The zero-order valence-corrected chi connectivity index (χ0v) is 11.7. The maximum Gasteiger partial charge on any atom is 0.406 e. The van der Waals surface area contributed by atoms with E-state index >= 15 is 0 Å². The smallest absolute Gasteiger partial charge is 0.327 e. The summed E-state index contributed by atoms with van der Waals surface area (Å²) in [4.78, 5) is 23.1. The first-order valence-corrected chi connectivity index (χ1v) is 6.90. The Balaban J connectivity index is 2.22. The molecule has 5 nitrogen and oxygen atoms in total. The Labute approximate surface area is 124 Å². The minimum Gasteiger partial charge on any atom is -0.327 e. The number of halogens is 3. The van der Waals surface area contributed by atoms with E-state index in [4.69, 9.17) is 0 Å². The van der Waals surface area contributed by atoms with Crippen molar-refractivity contribution in [2.75, 3.05) is 6.54 Å². The molecule has 1 amide bonds. The summed E-state index contributed by atoms with van der Waals surface area (Å²) in [6, 6.07) is 4.20. The van der Waals surface area contributed by atoms with Gasteiger partial charge in [-0.05, 0) is 25.0 Å². The summed E-state index contributed by atoms with van der Waals surface area (Å²) >= 11 is 0. The highest BCUT2D eigenvalue weighted by molar-refractivity contribution is 5.94. The van der Waals surface area contributed by atoms with Gasteiger partial charge in [0.1, 0.15) is 6.54 Å². The number of hydrogen-bond donors (Lipinski definition) is 0. The molecule has 1 aromatic carbocycles. The largest absolute Gasteiger partial charge is 0.406 e. The number of amides is 1. The van der Waals surface area contributed by atoms with Crippen LogP contribution < -0.4 is 0 Å². The number of nitro groups is 1. The van der Waals surface area contributed by atoms with Crippen molar-refractivity contribution in [2.24, 2.45) is 0 Å². The molecule has 8 heteroatoms. The van der Waals surface area contributed by atoms with E-state index < -0.39 is 29.6 Å². The lowest BCUT2D eigenvalue weighted by Crippen LogP contribution is -2.44. The Hall–Kier alpha value is -2.12. The van der Waals surface area contributed by atoms with Crippen molar-refractivity contribution < 1.29 is 22.9 Å². The van der Waals surface area contributed by atoms with Gasteiger partial charge in [-0.1, -0.05) is 12.8 Å². The Morgan fingerprint density at radius 2 is 1.77 bits per heavy atom. The fourth-order valence-electron chi connectivity index (χ4n) is 2.67. The molecule has 120 valence electrons. The van der Waals surface area contributed by atoms with E-state index in [0.29, 0.717) is 12.8 Å². The van der Waals surface area contributed by atoms with E-state index in [1.165, 1.54) is 12.1 Å². The van der Waals surface area contributed by atoms with Gasteiger partial charge in [0.25, 0.3) is 11.6 Å². The first-order valence-electron chi connectivity index (χ1n) is 6.90. The standard InChI is InChI=1S/C14H15F3N2O3/c15-14(16,17)9-18(11-3-1-2-4-11)13(20)10-5-7-12(8-6-10)19(21)22/h5-8,11H,1-4,9H2. The van der Waals surface area contributed by atoms with Crippen LogP contribution in [0.3, 0.4) is 0 Å². The van der Waals surface area contributed by atoms with Crippen LogP contribution in [0.25, 0.3) is 0 Å². The molecule has 1 fully saturated rings. The predicted octanol–water partition coefficient (Wildman–Crippen LogP) is 3.54. The van der Waals surface area contributed by atoms with Gasteiger partial charge in [0.15, 0.2) is 0 Å². The lowest BCUT2D eigenvalue weighted by atomic mass is 10.1. The van der Waals surface area contributed by atoms with Crippen molar-refractivity contribution in [3.8, 4) is 0 Å². The van der Waals surface area contributed by atoms with E-state index in [2.05, 4.69) is 0 Å². The normalized spacial score (nSPS) is 15.8. The minimum atomic E-state index is -4.47. The van der Waals surface area contributed by atoms with Crippen molar-refractivity contribution >= 4 is 11.6 Å². The third-order valence-electron chi connectivity index (χ3n) is 3.70. The molecule has 1 aromatic rings. The second-order valence-corrected chi connectivity index (χ2v) is 5.29. The Bertz CT molecular complexity index is 551. The summed E-state index contributed by atoms with van der Waals surface area (Å²) in [7, 11) is 0. The third kappa shape index (κ3) is 3.96. The number of carbonyl (C=O) groups is 1. The first kappa shape index (κ1) is 16.3. The van der Waals surface area contributed by atoms with Crippen molar-refractivity contribution in [3.63, 3.8) is 0 Å². The molecular weight excluding hydrogens is 301 g/mol. The van der Waals surface area contributed by atoms with Crippen LogP contribution in [0.1, 0.15) is 36.0 Å². The van der Waals surface area contributed by atoms with Crippen molar-refractivity contribution in [3.05, 3.63) is 39.9 Å². The molecule has 22 heavy (non-hydrogen) atoms. The maximum atomic E-state index is 12.7. The fourth-order valence-corrected chi connectivity index (χ4v) is 2.67. The van der Waals surface area contributed by atoms with Crippen LogP contribution in [0.2, 0.25) is 0 Å². The fraction of sp³-hybridized carbons (Fsp3) is 0.500. The number of carbonyl (C=O) groups excluding carboxylic acids is 1. The molecule has 2 rings (SSSR count). The van der Waals surface area contributed by atoms with Gasteiger partial charge in [-0.2, -0.15) is 13.2 Å². The molecule has 0 atom stereocenters. The summed E-state index contributed by atoms with van der Waals surface area (Å²) in [5.41, 5.74) is -0.179. The number of nitrogens with zero attached hydrogens (tertiary/aromatic N) is 2. The summed E-state index contributed by atoms with van der Waals surface area (Å²) in [6.07, 6.45) is -1.78. The Morgan fingerprint density at radius 3 is 2.23 bits per heavy atom. The molecular formula is C14H15F3N2O3. The van der Waals surface area contributed by atoms with Gasteiger partial charge in [-0.3, -0.25) is 14.9 Å². The number of alkyl halides is 3. The van der Waals surface area contributed by atoms with Gasteiger partial charge in [0.05, 0.1) is 4.92 Å². The lowest BCUT2D eigenvalue weighted by molar-refractivity contribution is -0.384. The van der Waals surface area contributed by atoms with E-state index in [1.807, 2.05) is 0 Å². The third-order valence-corrected chi connectivity index (χ3v) is 3.70. The molecule has 0 spiro atoms. The molecule has 0 aliphatic heterocycles. The van der Waals surface area contributed by atoms with Crippen molar-refractivity contribution in [1.29, 1.82) is 0 Å². The van der Waals surface area contributed by atoms with E-state index in [1.54, 1.807) is 0 Å². The zero-order valence-electron chi connectivity index (χ0n) is 11.7. The van der Waals surface area contributed by atoms with Crippen LogP contribution in [0, 0.1) is 10.1 Å². The lowest BCUT2D eigenvalue weighted by Gasteiger charge is -2.29. The predicted molar refractivity (Wildman–Crippen MR) is 72.4 cm³/mol. The van der Waals surface area contributed by atoms with Gasteiger partial charge in [-0.25, -0.2) is 0 Å². The monoisotopic (exact) mass is 316 g/mol. The van der Waals surface area contributed by atoms with Crippen LogP contribution >= 0.6 is 0 Å². The van der Waals surface area contributed by atoms with Crippen LogP contribution in [0.4, 0.5) is 18.9 Å². The molecule has 0 unspecified atom stereocenters. The molecule has 0 heterocycles. The van der Waals surface area contributed by atoms with Gasteiger partial charge in [0, 0.05) is 23.7 Å². The number of non-ortho nitro benzene ring substituents is 1. The van der Waals surface area contributed by atoms with Crippen LogP contribution in [-0.2, 0) is 0 Å². The molecule has 0 N–H and O–H groups in total. The van der Waals surface area contributed by atoms with Crippen LogP contribution in [-0.4, -0.2) is 34.5 Å². The molecule has 0 saturated heterocycles. The number of benzene rings is 1. The molecule has 0 radical (unpaired) electrons. The van der Waals surface area contributed by atoms with Crippen molar-refractivity contribution in [2.45, 2.75) is 37.9 Å². The molecule has 1 aliphatic rings. The van der Waals surface area contributed by atoms with Gasteiger partial charge in [0.2, 0.25) is 0 Å². The summed E-state index contributed by atoms with van der Waals surface area (Å²) in [5, 5.41) is 10.6. The van der Waals surface area contributed by atoms with Gasteiger partial charge < -0.3 is 4.90 Å². The maximum absolute atomic E-state index is 12.7. The Morgan fingerprint density at radius 1 is 1.23 bits per heavy atom. The van der Waals surface area contributed by atoms with E-state index in [-0.39, 0.29) is 11.3 Å². The minimum absolute atomic E-state index is 0.0294. The number of nitro benzene ring substituents is 1. The highest BCUT2D eigenvalue weighted by Gasteiger charge is 2.37. The van der Waals surface area contributed by atoms with Gasteiger partial charge >= 0.3 is 6.18 Å². The van der Waals surface area contributed by atoms with E-state index in [0.717, 1.165) is 29.9 Å². The second-order valence-electron chi connectivity index (χ2n) is 5.29. The quantitative estimate of drug-likeness (QED) is 0.630. The van der Waals surface area contributed by atoms with Gasteiger partial charge in [-0.15, -0.1) is 0 Å².